The molecule has 144 valence electrons. The van der Waals surface area contributed by atoms with Crippen molar-refractivity contribution in [3.8, 4) is 0 Å². The van der Waals surface area contributed by atoms with Gasteiger partial charge in [-0.05, 0) is 64.2 Å². The lowest BCUT2D eigenvalue weighted by atomic mass is 9.96. The van der Waals surface area contributed by atoms with Crippen LogP contribution in [0.25, 0.3) is 0 Å². The largest absolute Gasteiger partial charge is 0.360 e. The lowest BCUT2D eigenvalue weighted by molar-refractivity contribution is -0.127. The molecule has 0 unspecified atom stereocenters. The predicted molar refractivity (Wildman–Crippen MR) is 94.8 cm³/mol. The number of hydrogen-bond acceptors (Lipinski definition) is 5. The Bertz CT molecular complexity index is 756. The molecule has 0 aromatic carbocycles. The van der Waals surface area contributed by atoms with E-state index in [1.54, 1.807) is 13.8 Å². The van der Waals surface area contributed by atoms with Gasteiger partial charge in [0.1, 0.15) is 10.6 Å². The van der Waals surface area contributed by atoms with E-state index >= 15 is 0 Å². The van der Waals surface area contributed by atoms with Crippen molar-refractivity contribution in [2.45, 2.75) is 63.3 Å². The Kier molecular flexibility index (Phi) is 4.59. The van der Waals surface area contributed by atoms with E-state index in [9.17, 15) is 13.2 Å². The number of rotatable bonds is 6. The molecule has 0 atom stereocenters. The maximum absolute atomic E-state index is 12.9. The van der Waals surface area contributed by atoms with Crippen LogP contribution in [0.4, 0.5) is 0 Å². The van der Waals surface area contributed by atoms with Gasteiger partial charge in [0, 0.05) is 25.0 Å². The van der Waals surface area contributed by atoms with Crippen LogP contribution in [0.15, 0.2) is 9.42 Å². The van der Waals surface area contributed by atoms with Crippen LogP contribution in [-0.4, -0.2) is 42.9 Å². The quantitative estimate of drug-likeness (QED) is 0.814. The maximum atomic E-state index is 12.9. The lowest BCUT2D eigenvalue weighted by Crippen LogP contribution is -2.46. The van der Waals surface area contributed by atoms with Gasteiger partial charge < -0.3 is 9.84 Å². The van der Waals surface area contributed by atoms with E-state index < -0.39 is 10.0 Å². The first-order chi connectivity index (χ1) is 12.4. The fourth-order valence-corrected chi connectivity index (χ4v) is 5.90. The van der Waals surface area contributed by atoms with Crippen molar-refractivity contribution in [2.75, 3.05) is 13.1 Å². The van der Waals surface area contributed by atoms with Crippen LogP contribution in [0.3, 0.4) is 0 Å². The minimum Gasteiger partial charge on any atom is -0.360 e. The summed E-state index contributed by atoms with van der Waals surface area (Å²) < 4.78 is 32.2. The Morgan fingerprint density at radius 2 is 1.69 bits per heavy atom. The number of amides is 1. The van der Waals surface area contributed by atoms with E-state index in [-0.39, 0.29) is 16.7 Å². The molecule has 1 saturated heterocycles. The molecule has 4 rings (SSSR count). The molecular formula is C18H27N3O4S. The van der Waals surface area contributed by atoms with Crippen LogP contribution in [0.5, 0.6) is 0 Å². The third kappa shape index (κ3) is 3.41. The zero-order valence-corrected chi connectivity index (χ0v) is 16.2. The van der Waals surface area contributed by atoms with Gasteiger partial charge in [-0.25, -0.2) is 8.42 Å². The fourth-order valence-electron chi connectivity index (χ4n) is 4.14. The fraction of sp³-hybridized carbons (Fsp3) is 0.778. The van der Waals surface area contributed by atoms with Gasteiger partial charge in [-0.2, -0.15) is 4.31 Å². The lowest BCUT2D eigenvalue weighted by Gasteiger charge is -2.31. The second-order valence-electron chi connectivity index (χ2n) is 8.04. The zero-order chi connectivity index (χ0) is 18.5. The van der Waals surface area contributed by atoms with Crippen molar-refractivity contribution >= 4 is 15.9 Å². The minimum atomic E-state index is -3.61. The summed E-state index contributed by atoms with van der Waals surface area (Å²) in [5.74, 6) is 1.69. The average molecular weight is 381 g/mol. The molecule has 1 N–H and O–H groups in total. The Balaban J connectivity index is 1.37. The Hall–Kier alpha value is -1.41. The highest BCUT2D eigenvalue weighted by atomic mass is 32.2. The molecule has 0 spiro atoms. The Labute approximate surface area is 154 Å². The third-order valence-electron chi connectivity index (χ3n) is 5.96. The zero-order valence-electron chi connectivity index (χ0n) is 15.4. The van der Waals surface area contributed by atoms with Gasteiger partial charge in [-0.15, -0.1) is 0 Å². The molecule has 2 heterocycles. The minimum absolute atomic E-state index is 0.0916. The summed E-state index contributed by atoms with van der Waals surface area (Å²) in [5.41, 5.74) is 0.388. The number of hydrogen-bond donors (Lipinski definition) is 1. The van der Waals surface area contributed by atoms with Crippen molar-refractivity contribution in [3.05, 3.63) is 11.5 Å². The maximum Gasteiger partial charge on any atom is 0.248 e. The van der Waals surface area contributed by atoms with E-state index in [2.05, 4.69) is 10.5 Å². The van der Waals surface area contributed by atoms with Gasteiger partial charge in [0.05, 0.1) is 0 Å². The highest BCUT2D eigenvalue weighted by molar-refractivity contribution is 7.89. The molecule has 3 fully saturated rings. The first kappa shape index (κ1) is 18.0. The van der Waals surface area contributed by atoms with E-state index in [0.29, 0.717) is 55.3 Å². The van der Waals surface area contributed by atoms with Gasteiger partial charge in [-0.1, -0.05) is 5.16 Å². The molecule has 1 aromatic heterocycles. The summed E-state index contributed by atoms with van der Waals surface area (Å²) in [5, 5.41) is 7.03. The van der Waals surface area contributed by atoms with Gasteiger partial charge in [0.15, 0.2) is 5.76 Å². The monoisotopic (exact) mass is 381 g/mol. The summed E-state index contributed by atoms with van der Waals surface area (Å²) in [6.45, 7) is 3.98. The van der Waals surface area contributed by atoms with E-state index in [0.717, 1.165) is 0 Å². The van der Waals surface area contributed by atoms with Crippen LogP contribution in [0.1, 0.15) is 50.0 Å². The SMILES string of the molecule is Cc1noc(C)c1S(=O)(=O)N1CCC(C(=O)NC(C2CC2)C2CC2)CC1. The van der Waals surface area contributed by atoms with Crippen LogP contribution in [0, 0.1) is 31.6 Å². The number of aryl methyl sites for hydroxylation is 2. The number of carbonyl (C=O) groups excluding carboxylic acids is 1. The summed E-state index contributed by atoms with van der Waals surface area (Å²) in [6.07, 6.45) is 6.06. The van der Waals surface area contributed by atoms with Crippen molar-refractivity contribution in [3.63, 3.8) is 0 Å². The highest BCUT2D eigenvalue weighted by Gasteiger charge is 2.43. The third-order valence-corrected chi connectivity index (χ3v) is 8.10. The van der Waals surface area contributed by atoms with E-state index in [1.165, 1.54) is 30.0 Å². The van der Waals surface area contributed by atoms with Gasteiger partial charge in [-0.3, -0.25) is 4.79 Å². The van der Waals surface area contributed by atoms with Crippen LogP contribution in [-0.2, 0) is 14.8 Å². The van der Waals surface area contributed by atoms with E-state index in [1.807, 2.05) is 0 Å². The molecule has 1 aliphatic heterocycles. The molecule has 3 aliphatic rings. The second-order valence-corrected chi connectivity index (χ2v) is 9.92. The standard InChI is InChI=1S/C18H27N3O4S/c1-11-17(12(2)25-20-11)26(23,24)21-9-7-15(8-10-21)18(22)19-16(13-3-4-13)14-5-6-14/h13-16H,3-10H2,1-2H3,(H,19,22). The molecule has 1 aromatic rings. The molecule has 2 aliphatic carbocycles. The average Bonchev–Trinajstić information content (AvgIpc) is 3.52. The van der Waals surface area contributed by atoms with Crippen molar-refractivity contribution < 1.29 is 17.7 Å². The second kappa shape index (κ2) is 6.64. The Morgan fingerprint density at radius 1 is 1.12 bits per heavy atom. The van der Waals surface area contributed by atoms with Crippen LogP contribution in [0.2, 0.25) is 0 Å². The molecule has 7 nitrogen and oxygen atoms in total. The van der Waals surface area contributed by atoms with Crippen LogP contribution < -0.4 is 5.32 Å². The Morgan fingerprint density at radius 3 is 2.15 bits per heavy atom. The molecule has 26 heavy (non-hydrogen) atoms. The number of piperidine rings is 1. The van der Waals surface area contributed by atoms with Crippen molar-refractivity contribution in [1.82, 2.24) is 14.8 Å². The highest BCUT2D eigenvalue weighted by Crippen LogP contribution is 2.44. The van der Waals surface area contributed by atoms with E-state index in [4.69, 9.17) is 4.52 Å². The number of carbonyl (C=O) groups is 1. The number of nitrogens with zero attached hydrogens (tertiary/aromatic N) is 2. The molecule has 2 saturated carbocycles. The summed E-state index contributed by atoms with van der Waals surface area (Å²) in [6, 6.07) is 0.353. The van der Waals surface area contributed by atoms with Gasteiger partial charge >= 0.3 is 0 Å². The number of sulfonamides is 1. The molecular weight excluding hydrogens is 354 g/mol. The predicted octanol–water partition coefficient (Wildman–Crippen LogP) is 2.00. The first-order valence-electron chi connectivity index (χ1n) is 9.61. The first-order valence-corrected chi connectivity index (χ1v) is 11.1. The normalized spacial score (nSPS) is 22.7. The molecule has 0 radical (unpaired) electrons. The summed E-state index contributed by atoms with van der Waals surface area (Å²) in [7, 11) is -3.61. The number of aromatic nitrogens is 1. The molecule has 0 bridgehead atoms. The van der Waals surface area contributed by atoms with Gasteiger partial charge in [0.25, 0.3) is 0 Å². The van der Waals surface area contributed by atoms with Gasteiger partial charge in [0.2, 0.25) is 15.9 Å². The van der Waals surface area contributed by atoms with Crippen molar-refractivity contribution in [1.29, 1.82) is 0 Å². The summed E-state index contributed by atoms with van der Waals surface area (Å²) >= 11 is 0. The summed E-state index contributed by atoms with van der Waals surface area (Å²) in [4.78, 5) is 12.8. The molecule has 8 heteroatoms. The van der Waals surface area contributed by atoms with Crippen LogP contribution >= 0.6 is 0 Å². The smallest absolute Gasteiger partial charge is 0.248 e. The number of nitrogens with one attached hydrogen (secondary N) is 1. The van der Waals surface area contributed by atoms with Crippen molar-refractivity contribution in [2.24, 2.45) is 17.8 Å². The topological polar surface area (TPSA) is 92.5 Å². The molecule has 1 amide bonds.